The van der Waals surface area contributed by atoms with Crippen molar-refractivity contribution in [3.05, 3.63) is 78.3 Å². The zero-order valence-corrected chi connectivity index (χ0v) is 18.4. The van der Waals surface area contributed by atoms with Gasteiger partial charge < -0.3 is 13.9 Å². The molecule has 0 radical (unpaired) electrons. The molecule has 0 aliphatic carbocycles. The van der Waals surface area contributed by atoms with Gasteiger partial charge in [-0.3, -0.25) is 4.79 Å². The molecule has 0 saturated carbocycles. The number of carbonyl (C=O) groups excluding carboxylic acids is 1. The molecule has 2 aromatic carbocycles. The van der Waals surface area contributed by atoms with Crippen LogP contribution in [0.15, 0.2) is 81.3 Å². The lowest BCUT2D eigenvalue weighted by Gasteiger charge is -2.20. The fourth-order valence-electron chi connectivity index (χ4n) is 2.84. The number of nitrogens with zero attached hydrogens (tertiary/aromatic N) is 2. The first-order valence-electron chi connectivity index (χ1n) is 9.55. The maximum atomic E-state index is 13.1. The molecule has 0 spiro atoms. The van der Waals surface area contributed by atoms with Gasteiger partial charge in [0, 0.05) is 11.6 Å². The van der Waals surface area contributed by atoms with E-state index in [1.165, 1.54) is 31.7 Å². The van der Waals surface area contributed by atoms with Crippen LogP contribution in [0.3, 0.4) is 0 Å². The van der Waals surface area contributed by atoms with Crippen molar-refractivity contribution in [3.63, 3.8) is 0 Å². The molecular weight excluding hydrogens is 434 g/mol. The maximum absolute atomic E-state index is 13.1. The lowest BCUT2D eigenvalue weighted by atomic mass is 10.2. The molecule has 1 heterocycles. The first kappa shape index (κ1) is 23.0. The van der Waals surface area contributed by atoms with Crippen LogP contribution in [0.25, 0.3) is 0 Å². The van der Waals surface area contributed by atoms with Crippen LogP contribution < -0.4 is 14.9 Å². The van der Waals surface area contributed by atoms with E-state index < -0.39 is 22.5 Å². The molecule has 0 atom stereocenters. The van der Waals surface area contributed by atoms with Crippen molar-refractivity contribution in [1.29, 1.82) is 0 Å². The summed E-state index contributed by atoms with van der Waals surface area (Å²) in [5, 5.41) is 3.92. The molecule has 1 aromatic heterocycles. The largest absolute Gasteiger partial charge is 0.497 e. The van der Waals surface area contributed by atoms with E-state index >= 15 is 0 Å². The first-order chi connectivity index (χ1) is 15.4. The summed E-state index contributed by atoms with van der Waals surface area (Å²) in [5.41, 5.74) is 2.96. The Kier molecular flexibility index (Phi) is 7.63. The number of hydrogen-bond acceptors (Lipinski definition) is 7. The number of carbonyl (C=O) groups is 1. The van der Waals surface area contributed by atoms with Gasteiger partial charge in [0.1, 0.15) is 17.3 Å². The van der Waals surface area contributed by atoms with Gasteiger partial charge in [-0.1, -0.05) is 18.2 Å². The van der Waals surface area contributed by atoms with E-state index in [1.54, 1.807) is 55.6 Å². The summed E-state index contributed by atoms with van der Waals surface area (Å²) in [4.78, 5) is 12.6. The van der Waals surface area contributed by atoms with E-state index in [0.29, 0.717) is 22.8 Å². The SMILES string of the molecule is COc1ccc(/C=N/NC(=O)CN(Cc2ccco2)S(=O)(=O)c2ccccc2)c(OC)c1. The second-order valence-corrected chi connectivity index (χ2v) is 8.50. The Labute approximate surface area is 186 Å². The number of nitrogens with one attached hydrogen (secondary N) is 1. The van der Waals surface area contributed by atoms with Gasteiger partial charge in [0.25, 0.3) is 5.91 Å². The van der Waals surface area contributed by atoms with Crippen molar-refractivity contribution in [2.75, 3.05) is 20.8 Å². The highest BCUT2D eigenvalue weighted by Gasteiger charge is 2.27. The van der Waals surface area contributed by atoms with Gasteiger partial charge in [0.05, 0.1) is 44.7 Å². The minimum atomic E-state index is -3.94. The number of sulfonamides is 1. The maximum Gasteiger partial charge on any atom is 0.255 e. The van der Waals surface area contributed by atoms with Crippen LogP contribution in [0.4, 0.5) is 0 Å². The summed E-state index contributed by atoms with van der Waals surface area (Å²) >= 11 is 0. The Morgan fingerprint density at radius 3 is 2.53 bits per heavy atom. The van der Waals surface area contributed by atoms with Crippen molar-refractivity contribution in [1.82, 2.24) is 9.73 Å². The van der Waals surface area contributed by atoms with E-state index in [1.807, 2.05) is 0 Å². The van der Waals surface area contributed by atoms with E-state index in [4.69, 9.17) is 13.9 Å². The van der Waals surface area contributed by atoms with Crippen molar-refractivity contribution in [2.24, 2.45) is 5.10 Å². The molecule has 10 heteroatoms. The fourth-order valence-corrected chi connectivity index (χ4v) is 4.22. The number of rotatable bonds is 10. The summed E-state index contributed by atoms with van der Waals surface area (Å²) in [6.07, 6.45) is 2.84. The molecule has 32 heavy (non-hydrogen) atoms. The van der Waals surface area contributed by atoms with Crippen molar-refractivity contribution in [2.45, 2.75) is 11.4 Å². The van der Waals surface area contributed by atoms with Crippen LogP contribution in [0.1, 0.15) is 11.3 Å². The van der Waals surface area contributed by atoms with Gasteiger partial charge in [0.15, 0.2) is 0 Å². The number of furan rings is 1. The lowest BCUT2D eigenvalue weighted by molar-refractivity contribution is -0.121. The molecule has 3 aromatic rings. The van der Waals surface area contributed by atoms with Crippen LogP contribution >= 0.6 is 0 Å². The smallest absolute Gasteiger partial charge is 0.255 e. The molecule has 0 bridgehead atoms. The van der Waals surface area contributed by atoms with Crippen LogP contribution in [-0.4, -0.2) is 45.6 Å². The molecule has 0 fully saturated rings. The van der Waals surface area contributed by atoms with Crippen molar-refractivity contribution < 1.29 is 27.1 Å². The van der Waals surface area contributed by atoms with E-state index in [-0.39, 0.29) is 11.4 Å². The van der Waals surface area contributed by atoms with E-state index in [0.717, 1.165) is 4.31 Å². The number of amides is 1. The zero-order valence-electron chi connectivity index (χ0n) is 17.6. The third-order valence-electron chi connectivity index (χ3n) is 4.45. The molecule has 3 rings (SSSR count). The third-order valence-corrected chi connectivity index (χ3v) is 6.25. The van der Waals surface area contributed by atoms with Gasteiger partial charge in [-0.2, -0.15) is 9.41 Å². The molecular formula is C22H23N3O6S. The summed E-state index contributed by atoms with van der Waals surface area (Å²) in [7, 11) is -0.893. The average molecular weight is 458 g/mol. The monoisotopic (exact) mass is 457 g/mol. The summed E-state index contributed by atoms with van der Waals surface area (Å²) < 4.78 is 42.9. The van der Waals surface area contributed by atoms with Crippen LogP contribution in [-0.2, 0) is 21.4 Å². The second kappa shape index (κ2) is 10.6. The quantitative estimate of drug-likeness (QED) is 0.370. The molecule has 0 saturated heterocycles. The number of benzene rings is 2. The Morgan fingerprint density at radius 1 is 1.09 bits per heavy atom. The van der Waals surface area contributed by atoms with E-state index in [2.05, 4.69) is 10.5 Å². The van der Waals surface area contributed by atoms with Crippen LogP contribution in [0, 0.1) is 0 Å². The topological polar surface area (TPSA) is 110 Å². The lowest BCUT2D eigenvalue weighted by Crippen LogP contribution is -2.39. The van der Waals surface area contributed by atoms with Crippen LogP contribution in [0.2, 0.25) is 0 Å². The number of hydrazone groups is 1. The minimum absolute atomic E-state index is 0.0748. The van der Waals surface area contributed by atoms with Gasteiger partial charge >= 0.3 is 0 Å². The highest BCUT2D eigenvalue weighted by atomic mass is 32.2. The summed E-state index contributed by atoms with van der Waals surface area (Å²) in [6.45, 7) is -0.553. The molecule has 0 unspecified atom stereocenters. The predicted molar refractivity (Wildman–Crippen MR) is 118 cm³/mol. The Balaban J connectivity index is 1.73. The number of methoxy groups -OCH3 is 2. The standard InChI is InChI=1S/C22H23N3O6S/c1-29-18-11-10-17(21(13-18)30-2)14-23-24-22(26)16-25(15-19-7-6-12-31-19)32(27,28)20-8-4-3-5-9-20/h3-14H,15-16H2,1-2H3,(H,24,26)/b23-14+. The minimum Gasteiger partial charge on any atom is -0.497 e. The van der Waals surface area contributed by atoms with Gasteiger partial charge in [-0.25, -0.2) is 13.8 Å². The van der Waals surface area contributed by atoms with E-state index in [9.17, 15) is 13.2 Å². The van der Waals surface area contributed by atoms with Gasteiger partial charge in [-0.05, 0) is 36.4 Å². The Hall–Kier alpha value is -3.63. The average Bonchev–Trinajstić information content (AvgIpc) is 3.32. The van der Waals surface area contributed by atoms with Crippen LogP contribution in [0.5, 0.6) is 11.5 Å². The second-order valence-electron chi connectivity index (χ2n) is 6.57. The molecule has 0 aliphatic rings. The van der Waals surface area contributed by atoms with Crippen molar-refractivity contribution >= 4 is 22.1 Å². The van der Waals surface area contributed by atoms with Gasteiger partial charge in [0.2, 0.25) is 10.0 Å². The number of ether oxygens (including phenoxy) is 2. The zero-order chi connectivity index (χ0) is 23.0. The predicted octanol–water partition coefficient (Wildman–Crippen LogP) is 2.64. The van der Waals surface area contributed by atoms with Gasteiger partial charge in [-0.15, -0.1) is 0 Å². The number of hydrogen-bond donors (Lipinski definition) is 1. The summed E-state index contributed by atoms with van der Waals surface area (Å²) in [5.74, 6) is 0.916. The highest BCUT2D eigenvalue weighted by molar-refractivity contribution is 7.89. The van der Waals surface area contributed by atoms with Crippen molar-refractivity contribution in [3.8, 4) is 11.5 Å². The highest BCUT2D eigenvalue weighted by Crippen LogP contribution is 2.23. The summed E-state index contributed by atoms with van der Waals surface area (Å²) in [6, 6.07) is 16.3. The Bertz CT molecular complexity index is 1160. The normalized spacial score (nSPS) is 11.6. The molecule has 0 aliphatic heterocycles. The molecule has 9 nitrogen and oxygen atoms in total. The Morgan fingerprint density at radius 2 is 1.88 bits per heavy atom. The molecule has 1 N–H and O–H groups in total. The fraction of sp³-hybridized carbons (Fsp3) is 0.182. The molecule has 168 valence electrons. The first-order valence-corrected chi connectivity index (χ1v) is 11.0. The third kappa shape index (κ3) is 5.74. The molecule has 1 amide bonds.